The average Bonchev–Trinajstić information content (AvgIpc) is 2.90. The molecule has 0 unspecified atom stereocenters. The van der Waals surface area contributed by atoms with Crippen molar-refractivity contribution in [3.63, 3.8) is 0 Å². The summed E-state index contributed by atoms with van der Waals surface area (Å²) in [5.74, 6) is -0.171. The number of carbonyl (C=O) groups is 2. The number of sulfonamides is 1. The first-order chi connectivity index (χ1) is 18.0. The molecule has 2 amide bonds. The molecule has 0 heterocycles. The molecule has 8 nitrogen and oxygen atoms in total. The van der Waals surface area contributed by atoms with Crippen molar-refractivity contribution in [2.45, 2.75) is 44.3 Å². The highest BCUT2D eigenvalue weighted by molar-refractivity contribution is 14.1. The lowest BCUT2D eigenvalue weighted by Gasteiger charge is -2.32. The Bertz CT molecular complexity index is 1330. The van der Waals surface area contributed by atoms with E-state index in [0.717, 1.165) is 13.4 Å². The molecule has 0 radical (unpaired) electrons. The summed E-state index contributed by atoms with van der Waals surface area (Å²) in [7, 11) is -2.51. The maximum Gasteiger partial charge on any atom is 0.264 e. The molecule has 0 aromatic heterocycles. The van der Waals surface area contributed by atoms with Gasteiger partial charge in [0.2, 0.25) is 11.8 Å². The van der Waals surface area contributed by atoms with E-state index < -0.39 is 28.5 Å². The Morgan fingerprint density at radius 2 is 1.53 bits per heavy atom. The smallest absolute Gasteiger partial charge is 0.264 e. The van der Waals surface area contributed by atoms with Crippen LogP contribution in [-0.2, 0) is 26.2 Å². The summed E-state index contributed by atoms with van der Waals surface area (Å²) in [6.07, 6.45) is 0. The Kier molecular flexibility index (Phi) is 10.1. The summed E-state index contributed by atoms with van der Waals surface area (Å²) in [6.45, 7) is 4.95. The summed E-state index contributed by atoms with van der Waals surface area (Å²) in [5.41, 5.74) is 1.13. The van der Waals surface area contributed by atoms with Crippen molar-refractivity contribution in [3.05, 3.63) is 88.0 Å². The van der Waals surface area contributed by atoms with Crippen LogP contribution >= 0.6 is 22.6 Å². The predicted octanol–water partition coefficient (Wildman–Crippen LogP) is 4.44. The molecule has 3 aromatic rings. The third kappa shape index (κ3) is 7.47. The number of carbonyl (C=O) groups excluding carboxylic acids is 2. The first-order valence-corrected chi connectivity index (χ1v) is 14.6. The molecule has 0 fully saturated rings. The molecule has 0 aliphatic rings. The van der Waals surface area contributed by atoms with Crippen molar-refractivity contribution >= 4 is 50.1 Å². The number of nitrogens with one attached hydrogen (secondary N) is 1. The summed E-state index contributed by atoms with van der Waals surface area (Å²) >= 11 is 2.13. The summed E-state index contributed by atoms with van der Waals surface area (Å²) < 4.78 is 34.7. The lowest BCUT2D eigenvalue weighted by Crippen LogP contribution is -2.52. The standard InChI is InChI=1S/C28H32IN3O5S/c1-20(2)30-28(34)21(3)31(18-22-10-16-25(37-4)17-11-22)27(33)19-32(24-14-12-23(29)13-15-24)38(35,36)26-8-6-5-7-9-26/h5-17,20-21H,18-19H2,1-4H3,(H,30,34)/t21-/m0/s1. The number of benzene rings is 3. The maximum atomic E-state index is 13.8. The Labute approximate surface area is 238 Å². The number of nitrogens with zero attached hydrogens (tertiary/aromatic N) is 2. The Morgan fingerprint density at radius 1 is 0.921 bits per heavy atom. The number of halogens is 1. The number of rotatable bonds is 11. The first kappa shape index (κ1) is 29.4. The van der Waals surface area contributed by atoms with Gasteiger partial charge in [0, 0.05) is 16.2 Å². The third-order valence-corrected chi connectivity index (χ3v) is 8.34. The van der Waals surface area contributed by atoms with Crippen LogP contribution in [0.3, 0.4) is 0 Å². The zero-order valence-corrected chi connectivity index (χ0v) is 24.8. The van der Waals surface area contributed by atoms with Gasteiger partial charge in [0.05, 0.1) is 17.7 Å². The monoisotopic (exact) mass is 649 g/mol. The van der Waals surface area contributed by atoms with Gasteiger partial charge in [-0.3, -0.25) is 13.9 Å². The minimum atomic E-state index is -4.08. The van der Waals surface area contributed by atoms with E-state index in [1.807, 2.05) is 26.0 Å². The van der Waals surface area contributed by atoms with Crippen LogP contribution in [0, 0.1) is 3.57 Å². The molecule has 3 aromatic carbocycles. The molecule has 0 aliphatic heterocycles. The highest BCUT2D eigenvalue weighted by Crippen LogP contribution is 2.25. The van der Waals surface area contributed by atoms with Gasteiger partial charge in [0.1, 0.15) is 18.3 Å². The van der Waals surface area contributed by atoms with Crippen LogP contribution in [-0.4, -0.2) is 50.9 Å². The van der Waals surface area contributed by atoms with Crippen LogP contribution in [0.2, 0.25) is 0 Å². The molecule has 0 saturated heterocycles. The molecular formula is C28H32IN3O5S. The lowest BCUT2D eigenvalue weighted by atomic mass is 10.1. The van der Waals surface area contributed by atoms with E-state index in [0.29, 0.717) is 11.4 Å². The molecule has 1 N–H and O–H groups in total. The Balaban J connectivity index is 2.00. The minimum Gasteiger partial charge on any atom is -0.497 e. The molecule has 202 valence electrons. The quantitative estimate of drug-likeness (QED) is 0.310. The van der Waals surface area contributed by atoms with E-state index in [1.54, 1.807) is 68.6 Å². The second kappa shape index (κ2) is 13.1. The van der Waals surface area contributed by atoms with E-state index in [9.17, 15) is 18.0 Å². The fourth-order valence-electron chi connectivity index (χ4n) is 3.77. The molecular weight excluding hydrogens is 617 g/mol. The van der Waals surface area contributed by atoms with E-state index in [-0.39, 0.29) is 23.4 Å². The minimum absolute atomic E-state index is 0.0682. The summed E-state index contributed by atoms with van der Waals surface area (Å²) in [5, 5.41) is 2.84. The topological polar surface area (TPSA) is 96.0 Å². The van der Waals surface area contributed by atoms with Crippen molar-refractivity contribution in [3.8, 4) is 5.75 Å². The van der Waals surface area contributed by atoms with Crippen LogP contribution < -0.4 is 14.4 Å². The summed E-state index contributed by atoms with van der Waals surface area (Å²) in [6, 6.07) is 21.1. The SMILES string of the molecule is COc1ccc(CN(C(=O)CN(c2ccc(I)cc2)S(=O)(=O)c2ccccc2)[C@@H](C)C(=O)NC(C)C)cc1. The maximum absolute atomic E-state index is 13.8. The molecule has 0 bridgehead atoms. The van der Waals surface area contributed by atoms with Crippen LogP contribution in [0.4, 0.5) is 5.69 Å². The highest BCUT2D eigenvalue weighted by atomic mass is 127. The number of methoxy groups -OCH3 is 1. The van der Waals surface area contributed by atoms with Gasteiger partial charge in [-0.1, -0.05) is 30.3 Å². The van der Waals surface area contributed by atoms with Gasteiger partial charge in [0.15, 0.2) is 0 Å². The predicted molar refractivity (Wildman–Crippen MR) is 156 cm³/mol. The Morgan fingerprint density at radius 3 is 2.08 bits per heavy atom. The fraction of sp³-hybridized carbons (Fsp3) is 0.286. The number of hydrogen-bond acceptors (Lipinski definition) is 5. The second-order valence-electron chi connectivity index (χ2n) is 9.01. The average molecular weight is 650 g/mol. The lowest BCUT2D eigenvalue weighted by molar-refractivity contribution is -0.139. The zero-order valence-electron chi connectivity index (χ0n) is 21.8. The largest absolute Gasteiger partial charge is 0.497 e. The van der Waals surface area contributed by atoms with Gasteiger partial charge < -0.3 is 15.0 Å². The van der Waals surface area contributed by atoms with Crippen molar-refractivity contribution in [1.29, 1.82) is 0 Å². The fourth-order valence-corrected chi connectivity index (χ4v) is 5.57. The van der Waals surface area contributed by atoms with Crippen molar-refractivity contribution in [2.75, 3.05) is 18.0 Å². The van der Waals surface area contributed by atoms with Crippen LogP contribution in [0.5, 0.6) is 5.75 Å². The number of amides is 2. The number of hydrogen-bond donors (Lipinski definition) is 1. The van der Waals surface area contributed by atoms with Crippen molar-refractivity contribution in [1.82, 2.24) is 10.2 Å². The molecule has 0 aliphatic carbocycles. The van der Waals surface area contributed by atoms with Gasteiger partial charge in [-0.15, -0.1) is 0 Å². The van der Waals surface area contributed by atoms with Crippen LogP contribution in [0.1, 0.15) is 26.3 Å². The highest BCUT2D eigenvalue weighted by Gasteiger charge is 2.32. The van der Waals surface area contributed by atoms with E-state index in [1.165, 1.54) is 17.0 Å². The Hall–Kier alpha value is -3.12. The van der Waals surface area contributed by atoms with Crippen LogP contribution in [0.25, 0.3) is 0 Å². The third-order valence-electron chi connectivity index (χ3n) is 5.83. The van der Waals surface area contributed by atoms with Gasteiger partial charge in [0.25, 0.3) is 10.0 Å². The molecule has 10 heteroatoms. The van der Waals surface area contributed by atoms with Gasteiger partial charge in [-0.2, -0.15) is 0 Å². The van der Waals surface area contributed by atoms with Gasteiger partial charge in [-0.05, 0) is 97.5 Å². The van der Waals surface area contributed by atoms with Gasteiger partial charge >= 0.3 is 0 Å². The van der Waals surface area contributed by atoms with Crippen molar-refractivity contribution in [2.24, 2.45) is 0 Å². The zero-order chi connectivity index (χ0) is 27.9. The van der Waals surface area contributed by atoms with Crippen molar-refractivity contribution < 1.29 is 22.7 Å². The van der Waals surface area contributed by atoms with E-state index >= 15 is 0 Å². The molecule has 0 saturated carbocycles. The van der Waals surface area contributed by atoms with E-state index in [2.05, 4.69) is 27.9 Å². The second-order valence-corrected chi connectivity index (χ2v) is 12.1. The van der Waals surface area contributed by atoms with E-state index in [4.69, 9.17) is 4.74 Å². The molecule has 0 spiro atoms. The number of ether oxygens (including phenoxy) is 1. The molecule has 1 atom stereocenters. The normalized spacial score (nSPS) is 12.1. The van der Waals surface area contributed by atoms with Gasteiger partial charge in [-0.25, -0.2) is 8.42 Å². The first-order valence-electron chi connectivity index (χ1n) is 12.1. The van der Waals surface area contributed by atoms with Crippen LogP contribution in [0.15, 0.2) is 83.8 Å². The molecule has 38 heavy (non-hydrogen) atoms. The molecule has 3 rings (SSSR count). The summed E-state index contributed by atoms with van der Waals surface area (Å²) in [4.78, 5) is 28.3. The number of anilines is 1.